The van der Waals surface area contributed by atoms with Gasteiger partial charge in [0.1, 0.15) is 17.2 Å². The largest absolute Gasteiger partial charge is 0.736 e. The van der Waals surface area contributed by atoms with E-state index in [1.807, 2.05) is 49.5 Å². The zero-order valence-electron chi connectivity index (χ0n) is 27.8. The standard InChI is InChI=1S/C39H52NO5P/c1-3-4-5-6-7-8-9-10-11-12-13-14-15-18-28-43-37-29-33(2)30-38(31-37)45-46(41,42)44-36-25-23-34(24-26-36)32-40-27-19-21-35-20-16-17-22-39(35)40/h16-17,19-27,29-31H,3-15,18,28,32H2,1-2H3. The summed E-state index contributed by atoms with van der Waals surface area (Å²) in [5.41, 5.74) is 3.00. The molecule has 0 aliphatic heterocycles. The summed E-state index contributed by atoms with van der Waals surface area (Å²) in [5, 5.41) is 1.16. The van der Waals surface area contributed by atoms with Crippen LogP contribution in [-0.4, -0.2) is 6.61 Å². The summed E-state index contributed by atoms with van der Waals surface area (Å²) in [6.07, 6.45) is 20.4. The van der Waals surface area contributed by atoms with Gasteiger partial charge in [-0.05, 0) is 67.4 Å². The maximum Gasteiger partial charge on any atom is 0.372 e. The Morgan fingerprint density at radius 1 is 0.652 bits per heavy atom. The van der Waals surface area contributed by atoms with Gasteiger partial charge < -0.3 is 18.7 Å². The number of nitrogens with zero attached hydrogens (tertiary/aromatic N) is 1. The number of aryl methyl sites for hydroxylation is 1. The van der Waals surface area contributed by atoms with Crippen molar-refractivity contribution in [3.8, 4) is 17.2 Å². The first kappa shape index (κ1) is 35.5. The van der Waals surface area contributed by atoms with Gasteiger partial charge in [-0.15, -0.1) is 0 Å². The van der Waals surface area contributed by atoms with E-state index in [-0.39, 0.29) is 11.5 Å². The number of hydrogen-bond donors (Lipinski definition) is 0. The van der Waals surface area contributed by atoms with E-state index in [0.717, 1.165) is 34.9 Å². The van der Waals surface area contributed by atoms with Crippen LogP contribution < -0.4 is 23.2 Å². The zero-order chi connectivity index (χ0) is 32.5. The van der Waals surface area contributed by atoms with Crippen LogP contribution in [0.5, 0.6) is 17.2 Å². The third kappa shape index (κ3) is 12.8. The predicted octanol–water partition coefficient (Wildman–Crippen LogP) is 10.3. The predicted molar refractivity (Wildman–Crippen MR) is 186 cm³/mol. The lowest BCUT2D eigenvalue weighted by atomic mass is 10.0. The number of para-hydroxylation sites is 1. The number of aromatic nitrogens is 1. The van der Waals surface area contributed by atoms with Crippen LogP contribution in [0.25, 0.3) is 10.9 Å². The molecule has 6 nitrogen and oxygen atoms in total. The van der Waals surface area contributed by atoms with Gasteiger partial charge in [-0.25, -0.2) is 4.57 Å². The molecule has 0 aliphatic rings. The van der Waals surface area contributed by atoms with Gasteiger partial charge in [0.15, 0.2) is 12.7 Å². The quantitative estimate of drug-likeness (QED) is 0.0483. The molecule has 4 rings (SSSR count). The van der Waals surface area contributed by atoms with E-state index in [1.54, 1.807) is 24.3 Å². The van der Waals surface area contributed by atoms with Crippen LogP contribution in [0.15, 0.2) is 85.1 Å². The number of rotatable bonds is 22. The molecule has 248 valence electrons. The number of pyridine rings is 1. The molecule has 4 aromatic rings. The second-order valence-electron chi connectivity index (χ2n) is 12.4. The Morgan fingerprint density at radius 2 is 1.22 bits per heavy atom. The molecule has 0 saturated carbocycles. The summed E-state index contributed by atoms with van der Waals surface area (Å²) in [6.45, 7) is 5.40. The number of unbranched alkanes of at least 4 members (excludes halogenated alkanes) is 13. The normalized spacial score (nSPS) is 12.6. The van der Waals surface area contributed by atoms with Gasteiger partial charge in [0.25, 0.3) is 0 Å². The van der Waals surface area contributed by atoms with Crippen LogP contribution in [0, 0.1) is 6.92 Å². The van der Waals surface area contributed by atoms with Gasteiger partial charge in [-0.2, -0.15) is 4.57 Å². The van der Waals surface area contributed by atoms with Crippen molar-refractivity contribution in [2.24, 2.45) is 0 Å². The van der Waals surface area contributed by atoms with Crippen molar-refractivity contribution in [2.45, 2.75) is 110 Å². The average molecular weight is 646 g/mol. The Labute approximate surface area is 276 Å². The molecular weight excluding hydrogens is 593 g/mol. The Balaban J connectivity index is 1.14. The van der Waals surface area contributed by atoms with Crippen molar-refractivity contribution in [3.05, 3.63) is 96.2 Å². The highest BCUT2D eigenvalue weighted by Gasteiger charge is 2.15. The maximum atomic E-state index is 12.8. The Morgan fingerprint density at radius 3 is 1.89 bits per heavy atom. The lowest BCUT2D eigenvalue weighted by Crippen LogP contribution is -2.34. The molecule has 0 radical (unpaired) electrons. The van der Waals surface area contributed by atoms with E-state index >= 15 is 0 Å². The summed E-state index contributed by atoms with van der Waals surface area (Å²) >= 11 is 0. The van der Waals surface area contributed by atoms with Crippen LogP contribution in [-0.2, 0) is 11.1 Å². The summed E-state index contributed by atoms with van der Waals surface area (Å²) in [7, 11) is -4.66. The highest BCUT2D eigenvalue weighted by molar-refractivity contribution is 7.46. The van der Waals surface area contributed by atoms with Gasteiger partial charge in [0.2, 0.25) is 5.52 Å². The third-order valence-electron chi connectivity index (χ3n) is 8.29. The van der Waals surface area contributed by atoms with E-state index in [9.17, 15) is 9.46 Å². The number of hydrogen-bond acceptors (Lipinski definition) is 5. The number of fused-ring (bicyclic) bond motifs is 1. The molecule has 0 fully saturated rings. The molecule has 1 aromatic heterocycles. The Bertz CT molecular complexity index is 1500. The summed E-state index contributed by atoms with van der Waals surface area (Å²) in [4.78, 5) is 12.8. The highest BCUT2D eigenvalue weighted by Crippen LogP contribution is 2.41. The average Bonchev–Trinajstić information content (AvgIpc) is 3.03. The third-order valence-corrected chi connectivity index (χ3v) is 9.16. The van der Waals surface area contributed by atoms with E-state index < -0.39 is 7.82 Å². The van der Waals surface area contributed by atoms with Crippen molar-refractivity contribution in [1.82, 2.24) is 0 Å². The molecule has 0 bridgehead atoms. The van der Waals surface area contributed by atoms with Gasteiger partial charge >= 0.3 is 7.82 Å². The van der Waals surface area contributed by atoms with Crippen molar-refractivity contribution in [1.29, 1.82) is 0 Å². The number of phosphoric ester groups is 1. The van der Waals surface area contributed by atoms with Crippen LogP contribution in [0.3, 0.4) is 0 Å². The van der Waals surface area contributed by atoms with Crippen molar-refractivity contribution < 1.29 is 27.8 Å². The van der Waals surface area contributed by atoms with Crippen LogP contribution in [0.4, 0.5) is 0 Å². The molecule has 1 heterocycles. The minimum atomic E-state index is -4.66. The molecule has 0 N–H and O–H groups in total. The highest BCUT2D eigenvalue weighted by atomic mass is 31.2. The van der Waals surface area contributed by atoms with Gasteiger partial charge in [-0.1, -0.05) is 103 Å². The van der Waals surface area contributed by atoms with Crippen LogP contribution in [0.2, 0.25) is 0 Å². The maximum absolute atomic E-state index is 12.8. The van der Waals surface area contributed by atoms with Crippen molar-refractivity contribution in [3.63, 3.8) is 0 Å². The number of benzene rings is 3. The lowest BCUT2D eigenvalue weighted by molar-refractivity contribution is -0.662. The Kier molecular flexibility index (Phi) is 14.9. The van der Waals surface area contributed by atoms with E-state index in [1.165, 1.54) is 77.0 Å². The molecule has 3 aromatic carbocycles. The van der Waals surface area contributed by atoms with Crippen LogP contribution in [0.1, 0.15) is 108 Å². The topological polar surface area (TPSA) is 71.7 Å². The summed E-state index contributed by atoms with van der Waals surface area (Å²) in [5.74, 6) is 0.977. The van der Waals surface area contributed by atoms with Gasteiger partial charge in [0.05, 0.1) is 6.61 Å². The second-order valence-corrected chi connectivity index (χ2v) is 13.7. The SMILES string of the molecule is CCCCCCCCCCCCCCCCOc1cc(C)cc(OP(=O)([O-])Oc2ccc(C[n+]3cccc4ccccc43)cc2)c1. The van der Waals surface area contributed by atoms with Crippen LogP contribution >= 0.6 is 7.82 Å². The van der Waals surface area contributed by atoms with Gasteiger partial charge in [0, 0.05) is 29.1 Å². The zero-order valence-corrected chi connectivity index (χ0v) is 28.7. The molecule has 0 saturated heterocycles. The summed E-state index contributed by atoms with van der Waals surface area (Å²) < 4.78 is 31.5. The van der Waals surface area contributed by atoms with Gasteiger partial charge in [-0.3, -0.25) is 0 Å². The molecule has 0 aliphatic carbocycles. The fourth-order valence-corrected chi connectivity index (χ4v) is 6.61. The fraction of sp³-hybridized carbons (Fsp3) is 0.462. The van der Waals surface area contributed by atoms with Crippen molar-refractivity contribution in [2.75, 3.05) is 6.61 Å². The smallest absolute Gasteiger partial charge is 0.372 e. The van der Waals surface area contributed by atoms with E-state index in [4.69, 9.17) is 13.8 Å². The number of phosphoric acid groups is 1. The molecule has 46 heavy (non-hydrogen) atoms. The fourth-order valence-electron chi connectivity index (χ4n) is 5.82. The number of ether oxygens (including phenoxy) is 1. The minimum absolute atomic E-state index is 0.179. The molecule has 1 atom stereocenters. The van der Waals surface area contributed by atoms with Crippen molar-refractivity contribution >= 4 is 18.7 Å². The first-order chi connectivity index (χ1) is 22.4. The lowest BCUT2D eigenvalue weighted by Gasteiger charge is -2.24. The molecule has 7 heteroatoms. The molecular formula is C39H52NO5P. The first-order valence-electron chi connectivity index (χ1n) is 17.3. The van der Waals surface area contributed by atoms with E-state index in [0.29, 0.717) is 18.9 Å². The monoisotopic (exact) mass is 645 g/mol. The summed E-state index contributed by atoms with van der Waals surface area (Å²) in [6, 6.07) is 24.5. The molecule has 0 amide bonds. The molecule has 0 spiro atoms. The Hall–Kier alpha value is -3.34. The second kappa shape index (κ2) is 19.4. The first-order valence-corrected chi connectivity index (χ1v) is 18.8. The minimum Gasteiger partial charge on any atom is -0.736 e. The van der Waals surface area contributed by atoms with E-state index in [2.05, 4.69) is 29.7 Å². The molecule has 1 unspecified atom stereocenters.